The van der Waals surface area contributed by atoms with Crippen LogP contribution < -0.4 is 0 Å². The van der Waals surface area contributed by atoms with E-state index >= 15 is 0 Å². The first-order valence-electron chi connectivity index (χ1n) is 8.13. The molecular formula is C16H28N2O8. The molecule has 10 heteroatoms. The van der Waals surface area contributed by atoms with Gasteiger partial charge < -0.3 is 18.9 Å². The second-order valence-corrected chi connectivity index (χ2v) is 6.98. The number of rotatable bonds is 2. The van der Waals surface area contributed by atoms with Gasteiger partial charge in [0, 0.05) is 0 Å². The molecule has 0 radical (unpaired) electrons. The Labute approximate surface area is 153 Å². The first-order valence-corrected chi connectivity index (χ1v) is 8.13. The number of hydrogen-bond donors (Lipinski definition) is 0. The van der Waals surface area contributed by atoms with Crippen LogP contribution in [0.15, 0.2) is 0 Å². The molecule has 0 atom stereocenters. The molecular weight excluding hydrogens is 348 g/mol. The summed E-state index contributed by atoms with van der Waals surface area (Å²) in [5.74, 6) is 0. The molecule has 0 aromatic carbocycles. The maximum Gasteiger partial charge on any atom is 0.440 e. The topological polar surface area (TPSA) is 112 Å². The van der Waals surface area contributed by atoms with Gasteiger partial charge in [-0.3, -0.25) is 0 Å². The highest BCUT2D eigenvalue weighted by Gasteiger charge is 2.43. The van der Waals surface area contributed by atoms with Gasteiger partial charge in [0.1, 0.15) is 11.2 Å². The van der Waals surface area contributed by atoms with E-state index in [9.17, 15) is 19.2 Å². The highest BCUT2D eigenvalue weighted by atomic mass is 16.6. The van der Waals surface area contributed by atoms with E-state index in [1.54, 1.807) is 41.5 Å². The quantitative estimate of drug-likeness (QED) is 0.530. The van der Waals surface area contributed by atoms with Crippen molar-refractivity contribution >= 4 is 24.4 Å². The van der Waals surface area contributed by atoms with Gasteiger partial charge in [0.25, 0.3) is 0 Å². The Morgan fingerprint density at radius 1 is 0.615 bits per heavy atom. The van der Waals surface area contributed by atoms with Crippen LogP contribution in [0.3, 0.4) is 0 Å². The number of imide groups is 2. The summed E-state index contributed by atoms with van der Waals surface area (Å²) in [6.45, 7) is 12.1. The molecule has 26 heavy (non-hydrogen) atoms. The molecule has 4 amide bonds. The van der Waals surface area contributed by atoms with E-state index in [1.165, 1.54) is 13.8 Å². The number of carbonyl (C=O) groups excluding carboxylic acids is 4. The summed E-state index contributed by atoms with van der Waals surface area (Å²) >= 11 is 0. The van der Waals surface area contributed by atoms with Gasteiger partial charge >= 0.3 is 24.4 Å². The van der Waals surface area contributed by atoms with E-state index in [1.807, 2.05) is 0 Å². The van der Waals surface area contributed by atoms with Crippen molar-refractivity contribution in [3.63, 3.8) is 0 Å². The largest absolute Gasteiger partial charge is 0.448 e. The van der Waals surface area contributed by atoms with Crippen LogP contribution in [0.4, 0.5) is 19.2 Å². The first kappa shape index (κ1) is 23.5. The molecule has 0 aliphatic rings. The van der Waals surface area contributed by atoms with Gasteiger partial charge in [-0.25, -0.2) is 19.2 Å². The van der Waals surface area contributed by atoms with Crippen molar-refractivity contribution in [1.82, 2.24) is 10.0 Å². The molecule has 0 aliphatic heterocycles. The Balaban J connectivity index is 5.98. The minimum absolute atomic E-state index is 0.108. The lowest BCUT2D eigenvalue weighted by Crippen LogP contribution is -2.57. The molecule has 0 saturated carbocycles. The van der Waals surface area contributed by atoms with E-state index in [0.717, 1.165) is 0 Å². The van der Waals surface area contributed by atoms with E-state index in [-0.39, 0.29) is 23.2 Å². The van der Waals surface area contributed by atoms with Crippen molar-refractivity contribution < 1.29 is 38.1 Å². The van der Waals surface area contributed by atoms with Gasteiger partial charge in [-0.15, -0.1) is 0 Å². The van der Waals surface area contributed by atoms with Crippen LogP contribution in [0.2, 0.25) is 0 Å². The Morgan fingerprint density at radius 3 is 1.08 bits per heavy atom. The average Bonchev–Trinajstić information content (AvgIpc) is 2.40. The van der Waals surface area contributed by atoms with Crippen LogP contribution in [0.1, 0.15) is 55.4 Å². The van der Waals surface area contributed by atoms with Gasteiger partial charge in [0.05, 0.1) is 13.2 Å². The van der Waals surface area contributed by atoms with Crippen molar-refractivity contribution in [2.45, 2.75) is 66.6 Å². The average molecular weight is 376 g/mol. The number of hydrogen-bond acceptors (Lipinski definition) is 8. The lowest BCUT2D eigenvalue weighted by Gasteiger charge is -2.32. The number of carbonyl (C=O) groups is 4. The second kappa shape index (κ2) is 9.25. The molecule has 0 N–H and O–H groups in total. The number of nitrogens with zero attached hydrogens (tertiary/aromatic N) is 2. The lowest BCUT2D eigenvalue weighted by atomic mass is 10.2. The zero-order chi connectivity index (χ0) is 20.7. The van der Waals surface area contributed by atoms with Crippen molar-refractivity contribution in [1.29, 1.82) is 0 Å². The normalized spacial score (nSPS) is 11.2. The van der Waals surface area contributed by atoms with Crippen LogP contribution in [-0.2, 0) is 18.9 Å². The van der Waals surface area contributed by atoms with Crippen LogP contribution >= 0.6 is 0 Å². The zero-order valence-corrected chi connectivity index (χ0v) is 16.6. The molecule has 150 valence electrons. The SMILES string of the molecule is CCOC(=O)N(C(=O)OC(C)(C)C)N(C(=O)OCC)C(=O)OC(C)(C)C. The number of hydrazine groups is 1. The van der Waals surface area contributed by atoms with Gasteiger partial charge in [-0.2, -0.15) is 0 Å². The maximum atomic E-state index is 12.4. The lowest BCUT2D eigenvalue weighted by molar-refractivity contribution is -0.0526. The summed E-state index contributed by atoms with van der Waals surface area (Å²) < 4.78 is 19.7. The maximum absolute atomic E-state index is 12.4. The predicted octanol–water partition coefficient (Wildman–Crippen LogP) is 3.69. The second-order valence-electron chi connectivity index (χ2n) is 6.98. The van der Waals surface area contributed by atoms with E-state index in [2.05, 4.69) is 0 Å². The molecule has 0 aliphatic carbocycles. The Morgan fingerprint density at radius 2 is 0.885 bits per heavy atom. The van der Waals surface area contributed by atoms with E-state index in [0.29, 0.717) is 0 Å². The molecule has 0 rings (SSSR count). The molecule has 0 unspecified atom stereocenters. The van der Waals surface area contributed by atoms with Gasteiger partial charge in [-0.05, 0) is 55.4 Å². The summed E-state index contributed by atoms with van der Waals surface area (Å²) in [4.78, 5) is 49.4. The van der Waals surface area contributed by atoms with Crippen LogP contribution in [0.25, 0.3) is 0 Å². The van der Waals surface area contributed by atoms with Gasteiger partial charge in [0.15, 0.2) is 0 Å². The highest BCUT2D eigenvalue weighted by molar-refractivity contribution is 5.97. The zero-order valence-electron chi connectivity index (χ0n) is 16.6. The van der Waals surface area contributed by atoms with Crippen LogP contribution in [0.5, 0.6) is 0 Å². The first-order chi connectivity index (χ1) is 11.7. The number of ether oxygens (including phenoxy) is 4. The molecule has 10 nitrogen and oxygen atoms in total. The van der Waals surface area contributed by atoms with Crippen molar-refractivity contribution in [3.8, 4) is 0 Å². The third kappa shape index (κ3) is 8.04. The molecule has 0 aromatic rings. The third-order valence-electron chi connectivity index (χ3n) is 2.21. The standard InChI is InChI=1S/C16H28N2O8/c1-9-23-11(19)17(13(21)25-15(3,4)5)18(12(20)24-10-2)14(22)26-16(6,7)8/h9-10H2,1-8H3. The van der Waals surface area contributed by atoms with Crippen molar-refractivity contribution in [3.05, 3.63) is 0 Å². The molecule has 0 aromatic heterocycles. The molecule has 0 spiro atoms. The fourth-order valence-electron chi connectivity index (χ4n) is 1.46. The smallest absolute Gasteiger partial charge is 0.440 e. The Bertz CT molecular complexity index is 485. The van der Waals surface area contributed by atoms with Gasteiger partial charge in [-0.1, -0.05) is 10.0 Å². The minimum atomic E-state index is -1.30. The summed E-state index contributed by atoms with van der Waals surface area (Å²) in [6.07, 6.45) is -5.17. The summed E-state index contributed by atoms with van der Waals surface area (Å²) in [5, 5.41) is 0.224. The highest BCUT2D eigenvalue weighted by Crippen LogP contribution is 2.17. The predicted molar refractivity (Wildman–Crippen MR) is 90.2 cm³/mol. The summed E-state index contributed by atoms with van der Waals surface area (Å²) in [5.41, 5.74) is -2.01. The fourth-order valence-corrected chi connectivity index (χ4v) is 1.46. The third-order valence-corrected chi connectivity index (χ3v) is 2.21. The number of amides is 4. The van der Waals surface area contributed by atoms with E-state index in [4.69, 9.17) is 18.9 Å². The molecule has 0 saturated heterocycles. The van der Waals surface area contributed by atoms with Crippen LogP contribution in [0, 0.1) is 0 Å². The van der Waals surface area contributed by atoms with Crippen LogP contribution in [-0.4, -0.2) is 58.8 Å². The Hall–Kier alpha value is -2.52. The van der Waals surface area contributed by atoms with Crippen molar-refractivity contribution in [2.24, 2.45) is 0 Å². The van der Waals surface area contributed by atoms with E-state index < -0.39 is 35.6 Å². The van der Waals surface area contributed by atoms with Gasteiger partial charge in [0.2, 0.25) is 0 Å². The Kier molecular flexibility index (Phi) is 8.36. The summed E-state index contributed by atoms with van der Waals surface area (Å²) in [7, 11) is 0. The molecule has 0 fully saturated rings. The summed E-state index contributed by atoms with van der Waals surface area (Å²) in [6, 6.07) is 0. The molecule has 0 heterocycles. The minimum Gasteiger partial charge on any atom is -0.448 e. The molecule has 0 bridgehead atoms. The monoisotopic (exact) mass is 376 g/mol. The van der Waals surface area contributed by atoms with Crippen molar-refractivity contribution in [2.75, 3.05) is 13.2 Å². The fraction of sp³-hybridized carbons (Fsp3) is 0.750.